The van der Waals surface area contributed by atoms with Crippen LogP contribution in [0.15, 0.2) is 36.4 Å². The van der Waals surface area contributed by atoms with Gasteiger partial charge in [0.05, 0.1) is 23.5 Å². The molecular weight excluding hydrogens is 444 g/mol. The van der Waals surface area contributed by atoms with Gasteiger partial charge in [0.2, 0.25) is 11.8 Å². The minimum Gasteiger partial charge on any atom is -0.470 e. The maximum Gasteiger partial charge on any atom is 0.263 e. The Morgan fingerprint density at radius 2 is 1.91 bits per heavy atom. The molecule has 1 saturated carbocycles. The summed E-state index contributed by atoms with van der Waals surface area (Å²) < 4.78 is 33.1. The van der Waals surface area contributed by atoms with Gasteiger partial charge in [0.25, 0.3) is 6.43 Å². The second-order valence-corrected chi connectivity index (χ2v) is 9.30. The lowest BCUT2D eigenvalue weighted by atomic mass is 9.72. The van der Waals surface area contributed by atoms with Crippen LogP contribution in [0, 0.1) is 12.8 Å². The summed E-state index contributed by atoms with van der Waals surface area (Å²) in [5, 5.41) is 16.7. The van der Waals surface area contributed by atoms with E-state index in [0.29, 0.717) is 41.2 Å². The Balaban J connectivity index is 1.14. The van der Waals surface area contributed by atoms with Gasteiger partial charge in [0, 0.05) is 24.7 Å². The van der Waals surface area contributed by atoms with Crippen LogP contribution in [0.3, 0.4) is 0 Å². The molecule has 1 spiro atoms. The van der Waals surface area contributed by atoms with Gasteiger partial charge in [-0.1, -0.05) is 17.3 Å². The Bertz CT molecular complexity index is 1220. The fourth-order valence-electron chi connectivity index (χ4n) is 5.43. The molecule has 7 rings (SSSR count). The lowest BCUT2D eigenvalue weighted by Gasteiger charge is -2.49. The maximum atomic E-state index is 12.8. The standard InChI is InChI=1S/C23H23F2N7O2/c1-14-18(32(29-26-14)17-4-2-16(3-5-17)22(24)25)12-34-20-7-6-19(27-28-20)30-11-21(33)31-10-15-8-23(31,9-15)13-30/h2-7,15,22H,8-13H2,1H3. The molecule has 4 fully saturated rings. The summed E-state index contributed by atoms with van der Waals surface area (Å²) in [5.74, 6) is 1.80. The monoisotopic (exact) mass is 467 g/mol. The zero-order chi connectivity index (χ0) is 23.4. The number of carbonyl (C=O) groups excluding carboxylic acids is 1. The van der Waals surface area contributed by atoms with Crippen LogP contribution in [0.25, 0.3) is 5.69 Å². The van der Waals surface area contributed by atoms with E-state index in [0.717, 1.165) is 25.9 Å². The first-order valence-corrected chi connectivity index (χ1v) is 11.2. The molecule has 2 bridgehead atoms. The average Bonchev–Trinajstić information content (AvgIpc) is 3.49. The van der Waals surface area contributed by atoms with E-state index in [4.69, 9.17) is 4.74 Å². The van der Waals surface area contributed by atoms with Gasteiger partial charge in [-0.2, -0.15) is 0 Å². The van der Waals surface area contributed by atoms with Gasteiger partial charge in [-0.05, 0) is 43.9 Å². The first-order chi connectivity index (χ1) is 16.4. The van der Waals surface area contributed by atoms with Crippen LogP contribution >= 0.6 is 0 Å². The molecule has 176 valence electrons. The van der Waals surface area contributed by atoms with Crippen LogP contribution in [0.5, 0.6) is 5.88 Å². The smallest absolute Gasteiger partial charge is 0.263 e. The number of carbonyl (C=O) groups is 1. The van der Waals surface area contributed by atoms with Crippen LogP contribution in [-0.2, 0) is 11.4 Å². The summed E-state index contributed by atoms with van der Waals surface area (Å²) in [4.78, 5) is 16.6. The summed E-state index contributed by atoms with van der Waals surface area (Å²) in [7, 11) is 0. The molecule has 3 aromatic rings. The van der Waals surface area contributed by atoms with E-state index in [1.807, 2.05) is 11.0 Å². The topological polar surface area (TPSA) is 89.3 Å². The zero-order valence-corrected chi connectivity index (χ0v) is 18.6. The minimum atomic E-state index is -2.53. The van der Waals surface area contributed by atoms with E-state index in [1.54, 1.807) is 29.8 Å². The second kappa shape index (κ2) is 7.71. The van der Waals surface area contributed by atoms with Gasteiger partial charge in [-0.3, -0.25) is 4.79 Å². The Hall–Kier alpha value is -3.63. The van der Waals surface area contributed by atoms with Crippen LogP contribution in [0.4, 0.5) is 14.6 Å². The Labute approximate surface area is 194 Å². The van der Waals surface area contributed by atoms with E-state index >= 15 is 0 Å². The number of hydrogen-bond donors (Lipinski definition) is 0. The Morgan fingerprint density at radius 1 is 1.12 bits per heavy atom. The van der Waals surface area contributed by atoms with Crippen molar-refractivity contribution in [3.63, 3.8) is 0 Å². The number of aryl methyl sites for hydroxylation is 1. The SMILES string of the molecule is Cc1nnn(-c2ccc(C(F)F)cc2)c1COc1ccc(N2CC(=O)N3CC4CC3(C4)C2)nn1. The fourth-order valence-corrected chi connectivity index (χ4v) is 5.43. The van der Waals surface area contributed by atoms with Crippen molar-refractivity contribution in [2.45, 2.75) is 38.3 Å². The quantitative estimate of drug-likeness (QED) is 0.551. The molecule has 9 nitrogen and oxygen atoms in total. The van der Waals surface area contributed by atoms with Crippen molar-refractivity contribution in [2.24, 2.45) is 5.92 Å². The second-order valence-electron chi connectivity index (χ2n) is 9.30. The maximum absolute atomic E-state index is 12.8. The van der Waals surface area contributed by atoms with Gasteiger partial charge in [0.15, 0.2) is 5.82 Å². The normalized spacial score (nSPS) is 23.3. The number of hydrogen-bond acceptors (Lipinski definition) is 7. The van der Waals surface area contributed by atoms with E-state index < -0.39 is 6.43 Å². The van der Waals surface area contributed by atoms with Gasteiger partial charge >= 0.3 is 0 Å². The van der Waals surface area contributed by atoms with Crippen molar-refractivity contribution in [3.05, 3.63) is 53.3 Å². The summed E-state index contributed by atoms with van der Waals surface area (Å²) in [5.41, 5.74) is 1.87. The van der Waals surface area contributed by atoms with Crippen molar-refractivity contribution < 1.29 is 18.3 Å². The summed E-state index contributed by atoms with van der Waals surface area (Å²) in [6.07, 6.45) is -0.368. The minimum absolute atomic E-state index is 0.0205. The highest BCUT2D eigenvalue weighted by Crippen LogP contribution is 2.52. The number of ether oxygens (including phenoxy) is 1. The number of rotatable bonds is 6. The van der Waals surface area contributed by atoms with Crippen LogP contribution in [-0.4, -0.2) is 61.2 Å². The molecule has 5 heterocycles. The molecule has 4 aliphatic rings. The van der Waals surface area contributed by atoms with Gasteiger partial charge in [0.1, 0.15) is 12.3 Å². The molecule has 0 N–H and O–H groups in total. The Morgan fingerprint density at radius 3 is 2.62 bits per heavy atom. The lowest BCUT2D eigenvalue weighted by molar-refractivity contribution is -0.135. The van der Waals surface area contributed by atoms with Crippen LogP contribution < -0.4 is 9.64 Å². The highest BCUT2D eigenvalue weighted by Gasteiger charge is 2.60. The van der Waals surface area contributed by atoms with Crippen molar-refractivity contribution in [1.29, 1.82) is 0 Å². The fraction of sp³-hybridized carbons (Fsp3) is 0.435. The largest absolute Gasteiger partial charge is 0.470 e. The molecule has 11 heteroatoms. The van der Waals surface area contributed by atoms with Crippen molar-refractivity contribution in [2.75, 3.05) is 24.5 Å². The number of aromatic nitrogens is 5. The van der Waals surface area contributed by atoms with Crippen LogP contribution in [0.1, 0.15) is 36.2 Å². The number of benzene rings is 1. The molecular formula is C23H23F2N7O2. The third-order valence-electron chi connectivity index (χ3n) is 7.12. The van der Waals surface area contributed by atoms with E-state index in [9.17, 15) is 13.6 Å². The molecule has 1 aliphatic carbocycles. The molecule has 3 aliphatic heterocycles. The first-order valence-electron chi connectivity index (χ1n) is 11.2. The predicted octanol–water partition coefficient (Wildman–Crippen LogP) is 2.69. The molecule has 0 unspecified atom stereocenters. The number of alkyl halides is 2. The van der Waals surface area contributed by atoms with Crippen molar-refractivity contribution in [3.8, 4) is 11.6 Å². The average molecular weight is 467 g/mol. The number of halogens is 2. The van der Waals surface area contributed by atoms with Crippen molar-refractivity contribution in [1.82, 2.24) is 30.1 Å². The number of piperazine rings is 1. The molecule has 1 aromatic carbocycles. The molecule has 1 amide bonds. The highest BCUT2D eigenvalue weighted by molar-refractivity contribution is 5.84. The molecule has 0 atom stereocenters. The van der Waals surface area contributed by atoms with E-state index in [2.05, 4.69) is 25.4 Å². The number of amides is 1. The third kappa shape index (κ3) is 3.37. The lowest BCUT2D eigenvalue weighted by Crippen LogP contribution is -2.62. The van der Waals surface area contributed by atoms with Gasteiger partial charge in [-0.25, -0.2) is 13.5 Å². The number of anilines is 1. The van der Waals surface area contributed by atoms with Gasteiger partial charge in [-0.15, -0.1) is 15.3 Å². The van der Waals surface area contributed by atoms with E-state index in [1.165, 1.54) is 12.1 Å². The van der Waals surface area contributed by atoms with Gasteiger partial charge < -0.3 is 14.5 Å². The highest BCUT2D eigenvalue weighted by atomic mass is 19.3. The Kier molecular flexibility index (Phi) is 4.75. The summed E-state index contributed by atoms with van der Waals surface area (Å²) in [6, 6.07) is 9.43. The zero-order valence-electron chi connectivity index (χ0n) is 18.6. The first kappa shape index (κ1) is 20.9. The van der Waals surface area contributed by atoms with E-state index in [-0.39, 0.29) is 23.6 Å². The number of nitrogens with zero attached hydrogens (tertiary/aromatic N) is 7. The summed E-state index contributed by atoms with van der Waals surface area (Å²) in [6.45, 7) is 3.93. The molecule has 3 saturated heterocycles. The van der Waals surface area contributed by atoms with Crippen LogP contribution in [0.2, 0.25) is 0 Å². The molecule has 0 radical (unpaired) electrons. The molecule has 34 heavy (non-hydrogen) atoms. The molecule has 2 aromatic heterocycles. The van der Waals surface area contributed by atoms with Crippen molar-refractivity contribution >= 4 is 11.7 Å². The predicted molar refractivity (Wildman–Crippen MR) is 117 cm³/mol. The third-order valence-corrected chi connectivity index (χ3v) is 7.12. The summed E-state index contributed by atoms with van der Waals surface area (Å²) >= 11 is 0.